The van der Waals surface area contributed by atoms with Gasteiger partial charge in [0, 0.05) is 6.54 Å². The van der Waals surface area contributed by atoms with Gasteiger partial charge in [0.05, 0.1) is 10.1 Å². The highest BCUT2D eigenvalue weighted by Gasteiger charge is 2.38. The van der Waals surface area contributed by atoms with Crippen LogP contribution in [0.3, 0.4) is 0 Å². The molecule has 0 bridgehead atoms. The minimum Gasteiger partial charge on any atom is -0.508 e. The molecule has 5 heteroatoms. The summed E-state index contributed by atoms with van der Waals surface area (Å²) in [4.78, 5) is 3.57. The number of likely N-dealkylation sites (tertiary alicyclic amines) is 1. The third-order valence-electron chi connectivity index (χ3n) is 6.94. The lowest BCUT2D eigenvalue weighted by molar-refractivity contribution is 0.166. The van der Waals surface area contributed by atoms with Crippen LogP contribution in [0.5, 0.6) is 17.2 Å². The van der Waals surface area contributed by atoms with E-state index in [-0.39, 0.29) is 6.10 Å². The van der Waals surface area contributed by atoms with E-state index in [1.165, 1.54) is 63.6 Å². The molecule has 1 aliphatic carbocycles. The van der Waals surface area contributed by atoms with Crippen LogP contribution in [0.25, 0.3) is 0 Å². The van der Waals surface area contributed by atoms with Gasteiger partial charge in [-0.25, -0.2) is 0 Å². The van der Waals surface area contributed by atoms with Crippen molar-refractivity contribution in [3.8, 4) is 17.2 Å². The number of hydrogen-bond donors (Lipinski definition) is 1. The first-order valence-corrected chi connectivity index (χ1v) is 12.8. The van der Waals surface area contributed by atoms with Gasteiger partial charge in [-0.1, -0.05) is 31.4 Å². The molecule has 2 fully saturated rings. The first kappa shape index (κ1) is 21.0. The van der Waals surface area contributed by atoms with Crippen molar-refractivity contribution in [2.24, 2.45) is 5.92 Å². The van der Waals surface area contributed by atoms with Crippen molar-refractivity contribution in [3.63, 3.8) is 0 Å². The number of nitrogens with zero attached hydrogens (tertiary/aromatic N) is 1. The quantitative estimate of drug-likeness (QED) is 0.594. The number of ether oxygens (including phenoxy) is 2. The van der Waals surface area contributed by atoms with Gasteiger partial charge >= 0.3 is 0 Å². The Balaban J connectivity index is 1.27. The molecule has 166 valence electrons. The summed E-state index contributed by atoms with van der Waals surface area (Å²) in [5, 5.41) is 10.3. The number of benzene rings is 2. The molecule has 2 aliphatic heterocycles. The second-order valence-corrected chi connectivity index (χ2v) is 10.3. The van der Waals surface area contributed by atoms with E-state index in [0.29, 0.717) is 16.9 Å². The van der Waals surface area contributed by atoms with Crippen molar-refractivity contribution >= 4 is 11.8 Å². The Morgan fingerprint density at radius 2 is 1.74 bits per heavy atom. The fourth-order valence-corrected chi connectivity index (χ4v) is 6.73. The number of piperidine rings is 1. The molecule has 1 N–H and O–H groups in total. The molecule has 0 radical (unpaired) electrons. The number of phenolic OH excluding ortho intramolecular Hbond substituents is 1. The van der Waals surface area contributed by atoms with Gasteiger partial charge in [-0.2, -0.15) is 0 Å². The third-order valence-corrected chi connectivity index (χ3v) is 8.42. The van der Waals surface area contributed by atoms with Crippen molar-refractivity contribution in [1.29, 1.82) is 0 Å². The Hall–Kier alpha value is -1.85. The van der Waals surface area contributed by atoms with E-state index in [0.717, 1.165) is 29.5 Å². The molecule has 1 saturated heterocycles. The standard InChI is InChI=1S/C26H33NO3S/c28-21-10-13-23-24(18-21)31-26(20-6-2-3-7-20)25(30-23)19-8-11-22(12-9-19)29-17-16-27-14-4-1-5-15-27/h8-13,18,20,25-26,28H,1-7,14-17H2/t25-,26+/m1/s1. The monoisotopic (exact) mass is 439 g/mol. The van der Waals surface area contributed by atoms with Crippen molar-refractivity contribution in [3.05, 3.63) is 48.0 Å². The van der Waals surface area contributed by atoms with Crippen LogP contribution in [0.4, 0.5) is 0 Å². The minimum atomic E-state index is 0.0348. The van der Waals surface area contributed by atoms with Gasteiger partial charge in [0.15, 0.2) is 0 Å². The second-order valence-electron chi connectivity index (χ2n) is 9.12. The highest BCUT2D eigenvalue weighted by Crippen LogP contribution is 2.51. The topological polar surface area (TPSA) is 41.9 Å². The second kappa shape index (κ2) is 9.74. The van der Waals surface area contributed by atoms with E-state index in [4.69, 9.17) is 9.47 Å². The molecule has 2 aromatic carbocycles. The summed E-state index contributed by atoms with van der Waals surface area (Å²) in [6, 6.07) is 14.0. The summed E-state index contributed by atoms with van der Waals surface area (Å²) < 4.78 is 12.6. The summed E-state index contributed by atoms with van der Waals surface area (Å²) in [6.45, 7) is 4.18. The maximum atomic E-state index is 9.92. The van der Waals surface area contributed by atoms with Crippen LogP contribution in [0.1, 0.15) is 56.6 Å². The molecule has 4 nitrogen and oxygen atoms in total. The van der Waals surface area contributed by atoms with Crippen LogP contribution in [-0.4, -0.2) is 41.5 Å². The van der Waals surface area contributed by atoms with Gasteiger partial charge in [-0.3, -0.25) is 4.90 Å². The van der Waals surface area contributed by atoms with E-state index in [1.54, 1.807) is 6.07 Å². The Morgan fingerprint density at radius 1 is 0.968 bits per heavy atom. The van der Waals surface area contributed by atoms with Crippen molar-refractivity contribution in [2.75, 3.05) is 26.2 Å². The molecule has 0 aromatic heterocycles. The normalized spacial score (nSPS) is 24.5. The van der Waals surface area contributed by atoms with Crippen molar-refractivity contribution < 1.29 is 14.6 Å². The van der Waals surface area contributed by atoms with Crippen LogP contribution >= 0.6 is 11.8 Å². The zero-order valence-corrected chi connectivity index (χ0v) is 19.0. The number of fused-ring (bicyclic) bond motifs is 1. The molecule has 3 aliphatic rings. The number of aromatic hydroxyl groups is 1. The van der Waals surface area contributed by atoms with E-state index < -0.39 is 0 Å². The average Bonchev–Trinajstić information content (AvgIpc) is 3.34. The van der Waals surface area contributed by atoms with E-state index in [9.17, 15) is 5.11 Å². The molecular formula is C26H33NO3S. The molecule has 5 rings (SSSR count). The van der Waals surface area contributed by atoms with E-state index in [1.807, 2.05) is 23.9 Å². The molecule has 0 amide bonds. The summed E-state index contributed by atoms with van der Waals surface area (Å²) >= 11 is 1.88. The summed E-state index contributed by atoms with van der Waals surface area (Å²) in [7, 11) is 0. The van der Waals surface area contributed by atoms with Crippen LogP contribution in [-0.2, 0) is 0 Å². The molecule has 2 aromatic rings. The van der Waals surface area contributed by atoms with Crippen LogP contribution in [0.15, 0.2) is 47.4 Å². The third kappa shape index (κ3) is 4.98. The molecule has 31 heavy (non-hydrogen) atoms. The average molecular weight is 440 g/mol. The van der Waals surface area contributed by atoms with Crippen LogP contribution < -0.4 is 9.47 Å². The summed E-state index contributed by atoms with van der Waals surface area (Å²) in [6.07, 6.45) is 9.20. The first-order chi connectivity index (χ1) is 15.3. The number of hydrogen-bond acceptors (Lipinski definition) is 5. The maximum Gasteiger partial charge on any atom is 0.136 e. The van der Waals surface area contributed by atoms with Crippen LogP contribution in [0, 0.1) is 5.92 Å². The predicted octanol–water partition coefficient (Wildman–Crippen LogP) is 6.04. The highest BCUT2D eigenvalue weighted by molar-refractivity contribution is 8.00. The highest BCUT2D eigenvalue weighted by atomic mass is 32.2. The fourth-order valence-electron chi connectivity index (χ4n) is 5.21. The van der Waals surface area contributed by atoms with Crippen LogP contribution in [0.2, 0.25) is 0 Å². The fraction of sp³-hybridized carbons (Fsp3) is 0.538. The predicted molar refractivity (Wildman–Crippen MR) is 125 cm³/mol. The Kier molecular flexibility index (Phi) is 6.61. The van der Waals surface area contributed by atoms with E-state index in [2.05, 4.69) is 29.2 Å². The smallest absolute Gasteiger partial charge is 0.136 e. The largest absolute Gasteiger partial charge is 0.508 e. The van der Waals surface area contributed by atoms with Gasteiger partial charge in [0.2, 0.25) is 0 Å². The van der Waals surface area contributed by atoms with Crippen molar-refractivity contribution in [2.45, 2.75) is 61.2 Å². The van der Waals surface area contributed by atoms with Gasteiger partial charge in [0.1, 0.15) is 30.0 Å². The first-order valence-electron chi connectivity index (χ1n) is 11.9. The molecule has 0 unspecified atom stereocenters. The zero-order chi connectivity index (χ0) is 21.0. The van der Waals surface area contributed by atoms with Gasteiger partial charge < -0.3 is 14.6 Å². The summed E-state index contributed by atoms with van der Waals surface area (Å²) in [5.74, 6) is 2.78. The number of phenols is 1. The molecule has 2 heterocycles. The minimum absolute atomic E-state index is 0.0348. The number of thioether (sulfide) groups is 1. The zero-order valence-electron chi connectivity index (χ0n) is 18.2. The van der Waals surface area contributed by atoms with Gasteiger partial charge in [-0.05, 0) is 80.6 Å². The summed E-state index contributed by atoms with van der Waals surface area (Å²) in [5.41, 5.74) is 1.21. The van der Waals surface area contributed by atoms with Crippen molar-refractivity contribution in [1.82, 2.24) is 4.90 Å². The molecule has 0 spiro atoms. The van der Waals surface area contributed by atoms with E-state index >= 15 is 0 Å². The SMILES string of the molecule is Oc1ccc2c(c1)S[C@@H](C1CCCC1)[C@@H](c1ccc(OCCN3CCCCC3)cc1)O2. The van der Waals surface area contributed by atoms with Gasteiger partial charge in [-0.15, -0.1) is 11.8 Å². The Bertz CT molecular complexity index is 859. The lowest BCUT2D eigenvalue weighted by Crippen LogP contribution is -2.33. The maximum absolute atomic E-state index is 9.92. The Labute approximate surface area is 189 Å². The molecule has 1 saturated carbocycles. The molecule has 2 atom stereocenters. The van der Waals surface area contributed by atoms with Gasteiger partial charge in [0.25, 0.3) is 0 Å². The molecular weight excluding hydrogens is 406 g/mol. The lowest BCUT2D eigenvalue weighted by atomic mass is 9.94. The lowest BCUT2D eigenvalue weighted by Gasteiger charge is -2.36. The Morgan fingerprint density at radius 3 is 2.52 bits per heavy atom. The number of rotatable bonds is 6.